The van der Waals surface area contributed by atoms with E-state index < -0.39 is 102 Å². The van der Waals surface area contributed by atoms with Crippen molar-refractivity contribution in [3.05, 3.63) is 12.7 Å². The van der Waals surface area contributed by atoms with Crippen molar-refractivity contribution >= 4 is 80.7 Å². The normalized spacial score (nSPS) is 21.4. The van der Waals surface area contributed by atoms with Crippen LogP contribution < -0.4 is 16.4 Å². The van der Waals surface area contributed by atoms with Crippen LogP contribution in [-0.2, 0) is 60.3 Å². The van der Waals surface area contributed by atoms with Crippen LogP contribution in [0.2, 0.25) is 0 Å². The van der Waals surface area contributed by atoms with E-state index in [9.17, 15) is 67.5 Å². The number of aliphatic hydroxyl groups is 2. The van der Waals surface area contributed by atoms with E-state index in [-0.39, 0.29) is 60.4 Å². The Kier molecular flexibility index (Phi) is 18.6. The molecule has 1 aliphatic heterocycles. The molecule has 0 bridgehead atoms. The highest BCUT2D eigenvalue weighted by atomic mass is 32.2. The zero-order valence-corrected chi connectivity index (χ0v) is 36.1. The van der Waals surface area contributed by atoms with Crippen molar-refractivity contribution in [1.82, 2.24) is 30.2 Å². The summed E-state index contributed by atoms with van der Waals surface area (Å²) in [5, 5.41) is 25.8. The highest BCUT2D eigenvalue weighted by molar-refractivity contribution is 8.13. The summed E-state index contributed by atoms with van der Waals surface area (Å²) in [5.74, 6) is -2.47. The van der Waals surface area contributed by atoms with Crippen LogP contribution in [0.3, 0.4) is 0 Å². The van der Waals surface area contributed by atoms with Crippen LogP contribution in [0, 0.1) is 11.3 Å². The number of nitrogens with two attached hydrogens (primary N) is 1. The van der Waals surface area contributed by atoms with Crippen molar-refractivity contribution in [3.8, 4) is 0 Å². The number of aliphatic hydroxyl groups excluding tert-OH is 2. The van der Waals surface area contributed by atoms with E-state index in [0.29, 0.717) is 6.42 Å². The number of hydrogen-bond donors (Lipinski definition) is 9. The maximum atomic E-state index is 12.7. The second-order valence-corrected chi connectivity index (χ2v) is 19.3. The number of aromatic nitrogens is 4. The van der Waals surface area contributed by atoms with Gasteiger partial charge in [0.1, 0.15) is 47.8 Å². The molecule has 3 rings (SSSR count). The number of phosphoric acid groups is 3. The van der Waals surface area contributed by atoms with Gasteiger partial charge in [0.25, 0.3) is 0 Å². The first-order valence-electron chi connectivity index (χ1n) is 17.8. The Labute approximate surface area is 346 Å². The number of carbonyl (C=O) groups is 5. The van der Waals surface area contributed by atoms with Gasteiger partial charge in [-0.2, -0.15) is 4.31 Å². The van der Waals surface area contributed by atoms with Gasteiger partial charge in [-0.1, -0.05) is 39.5 Å². The number of ether oxygens (including phenoxy) is 1. The molecule has 2 unspecified atom stereocenters. The van der Waals surface area contributed by atoms with Gasteiger partial charge in [-0.3, -0.25) is 42.1 Å². The largest absolute Gasteiger partial charge is 0.481 e. The molecule has 1 saturated heterocycles. The number of carbonyl (C=O) groups excluding carboxylic acids is 5. The van der Waals surface area contributed by atoms with E-state index in [0.717, 1.165) is 29.0 Å². The van der Waals surface area contributed by atoms with Gasteiger partial charge in [-0.15, -0.1) is 0 Å². The number of nitrogens with one attached hydrogen (secondary N) is 2. The summed E-state index contributed by atoms with van der Waals surface area (Å²) in [6.07, 6.45) is -7.28. The third-order valence-electron chi connectivity index (χ3n) is 8.64. The molecule has 338 valence electrons. The topological polar surface area (TPSA) is 398 Å². The van der Waals surface area contributed by atoms with Gasteiger partial charge in [0.2, 0.25) is 11.8 Å². The fraction of sp³-hybridized carbons (Fsp3) is 0.667. The number of nitrogens with zero attached hydrogens (tertiary/aromatic N) is 4. The van der Waals surface area contributed by atoms with E-state index in [4.69, 9.17) is 19.5 Å². The van der Waals surface area contributed by atoms with Crippen LogP contribution in [0.25, 0.3) is 11.2 Å². The highest BCUT2D eigenvalue weighted by Crippen LogP contribution is 2.61. The maximum absolute atomic E-state index is 12.7. The molecule has 1 fully saturated rings. The van der Waals surface area contributed by atoms with Gasteiger partial charge in [0.05, 0.1) is 32.4 Å². The third-order valence-corrected chi connectivity index (χ3v) is 12.6. The minimum absolute atomic E-state index is 0.0182. The van der Waals surface area contributed by atoms with Crippen LogP contribution in [0.4, 0.5) is 5.82 Å². The van der Waals surface area contributed by atoms with Crippen LogP contribution in [0.1, 0.15) is 59.6 Å². The number of amides is 2. The molecule has 0 radical (unpaired) electrons. The second kappa shape index (κ2) is 21.8. The number of fused-ring (bicyclic) bond motifs is 1. The lowest BCUT2D eigenvalue weighted by Crippen LogP contribution is -2.46. The minimum Gasteiger partial charge on any atom is -0.386 e. The molecule has 2 aromatic heterocycles. The number of Topliss-reactive ketones (excluding diaryl/α,β-unsaturated/α-hetero) is 2. The van der Waals surface area contributed by atoms with Gasteiger partial charge in [0.15, 0.2) is 22.8 Å². The number of phosphoric ester groups is 3. The van der Waals surface area contributed by atoms with Crippen LogP contribution in [-0.4, -0.2) is 134 Å². The van der Waals surface area contributed by atoms with E-state index in [1.54, 1.807) is 6.92 Å². The number of thioether (sulfide) groups is 1. The van der Waals surface area contributed by atoms with Crippen molar-refractivity contribution in [2.75, 3.05) is 37.8 Å². The quantitative estimate of drug-likeness (QED) is 0.0348. The first kappa shape index (κ1) is 51.3. The van der Waals surface area contributed by atoms with Crippen LogP contribution >= 0.6 is 35.2 Å². The summed E-state index contributed by atoms with van der Waals surface area (Å²) in [6.45, 7) is 3.67. The number of hydrogen-bond acceptors (Lipinski definition) is 20. The van der Waals surface area contributed by atoms with E-state index in [2.05, 4.69) is 34.4 Å². The van der Waals surface area contributed by atoms with Crippen LogP contribution in [0.15, 0.2) is 12.7 Å². The summed E-state index contributed by atoms with van der Waals surface area (Å²) in [4.78, 5) is 111. The Bertz CT molecular complexity index is 2020. The maximum Gasteiger partial charge on any atom is 0.481 e. The lowest BCUT2D eigenvalue weighted by atomic mass is 9.87. The SMILES string of the molecule is CC[C@H](C)C(=O)CC(=O)CC(=O)SCCNC(=O)CCNC(=O)[C@H](O)C(C)(C)COP(=O)(O)OP(=O)(O)OC[C@H]1O[C@@H](n2cnc3c(N)ncnc32)[C@H](O)[C@@H]1OP(=O)(O)O. The zero-order chi connectivity index (χ0) is 45.2. The molecule has 60 heavy (non-hydrogen) atoms. The summed E-state index contributed by atoms with van der Waals surface area (Å²) in [7, 11) is -16.5. The second-order valence-electron chi connectivity index (χ2n) is 14.0. The predicted octanol–water partition coefficient (Wildman–Crippen LogP) is -0.371. The molecule has 1 aliphatic rings. The smallest absolute Gasteiger partial charge is 0.386 e. The van der Waals surface area contributed by atoms with Gasteiger partial charge in [-0.25, -0.2) is 28.6 Å². The first-order chi connectivity index (χ1) is 27.8. The molecular weight excluding hydrogens is 887 g/mol. The Hall–Kier alpha value is -3.10. The molecule has 0 spiro atoms. The minimum atomic E-state index is -5.60. The van der Waals surface area contributed by atoms with Gasteiger partial charge >= 0.3 is 23.5 Å². The number of rotatable bonds is 25. The fourth-order valence-electron chi connectivity index (χ4n) is 5.17. The molecule has 10 N–H and O–H groups in total. The zero-order valence-electron chi connectivity index (χ0n) is 32.6. The van der Waals surface area contributed by atoms with Crippen LogP contribution in [0.5, 0.6) is 0 Å². The molecule has 26 nitrogen and oxygen atoms in total. The molecule has 0 aromatic carbocycles. The Morgan fingerprint density at radius 1 is 1.02 bits per heavy atom. The molecule has 8 atom stereocenters. The molecule has 3 heterocycles. The average molecular weight is 936 g/mol. The van der Waals surface area contributed by atoms with E-state index in [1.807, 2.05) is 6.92 Å². The Morgan fingerprint density at radius 2 is 1.68 bits per heavy atom. The molecule has 0 aliphatic carbocycles. The summed E-state index contributed by atoms with van der Waals surface area (Å²) < 4.78 is 62.1. The number of imidazole rings is 1. The predicted molar refractivity (Wildman–Crippen MR) is 206 cm³/mol. The first-order valence-corrected chi connectivity index (χ1v) is 23.4. The number of anilines is 1. The monoisotopic (exact) mass is 935 g/mol. The van der Waals surface area contributed by atoms with E-state index in [1.165, 1.54) is 13.8 Å². The van der Waals surface area contributed by atoms with E-state index >= 15 is 0 Å². The lowest BCUT2D eigenvalue weighted by molar-refractivity contribution is -0.137. The molecule has 2 aromatic rings. The van der Waals surface area contributed by atoms with Gasteiger partial charge in [-0.05, 0) is 6.42 Å². The Morgan fingerprint density at radius 3 is 2.33 bits per heavy atom. The van der Waals surface area contributed by atoms with Gasteiger partial charge in [0, 0.05) is 36.6 Å². The molecule has 0 saturated carbocycles. The van der Waals surface area contributed by atoms with Crippen molar-refractivity contribution in [3.63, 3.8) is 0 Å². The van der Waals surface area contributed by atoms with Crippen molar-refractivity contribution in [2.45, 2.75) is 84.0 Å². The van der Waals surface area contributed by atoms with Crippen molar-refractivity contribution in [1.29, 1.82) is 0 Å². The average Bonchev–Trinajstić information content (AvgIpc) is 3.70. The lowest BCUT2D eigenvalue weighted by Gasteiger charge is -2.30. The molecule has 30 heteroatoms. The summed E-state index contributed by atoms with van der Waals surface area (Å²) in [6, 6.07) is 0. The van der Waals surface area contributed by atoms with Gasteiger partial charge < -0.3 is 50.9 Å². The third kappa shape index (κ3) is 15.7. The standard InChI is InChI=1S/C30H48N7O19P3S/c1-5-16(2)18(39)10-17(38)11-21(41)60-9-8-32-20(40)6-7-33-28(44)25(43)30(3,4)13-53-59(50,51)56-58(48,49)52-12-19-24(55-57(45,46)47)23(42)29(54-19)37-15-36-22-26(31)34-14-35-27(22)37/h14-16,19,23-25,29,42-43H,5-13H2,1-4H3,(H,32,40)(H,33,44)(H,48,49)(H,50,51)(H2,31,34,35)(H2,45,46,47)/t16-,19+,23+,24+,25-,29+/m0/s1. The number of nitrogen functional groups attached to an aromatic ring is 1. The number of ketones is 2. The fourth-order valence-corrected chi connectivity index (χ4v) is 8.69. The summed E-state index contributed by atoms with van der Waals surface area (Å²) >= 11 is 0.808. The summed E-state index contributed by atoms with van der Waals surface area (Å²) in [5.41, 5.74) is 4.19. The Balaban J connectivity index is 1.44. The molecular formula is C30H48N7O19P3S. The highest BCUT2D eigenvalue weighted by Gasteiger charge is 2.50. The molecule has 2 amide bonds. The van der Waals surface area contributed by atoms with Crippen molar-refractivity contribution < 1.29 is 90.1 Å². The van der Waals surface area contributed by atoms with Crippen molar-refractivity contribution in [2.24, 2.45) is 11.3 Å².